The summed E-state index contributed by atoms with van der Waals surface area (Å²) in [6.07, 6.45) is 2.81. The Morgan fingerprint density at radius 2 is 1.41 bits per heavy atom. The van der Waals surface area contributed by atoms with E-state index in [4.69, 9.17) is 0 Å². The summed E-state index contributed by atoms with van der Waals surface area (Å²) in [5.41, 5.74) is 2.43. The monoisotopic (exact) mass is 529 g/mol. The molecule has 1 N–H and O–H groups in total. The molecular weight excluding hydrogens is 497 g/mol. The van der Waals surface area contributed by atoms with Gasteiger partial charge in [-0.3, -0.25) is 24.3 Å². The smallest absolute Gasteiger partial charge is 0.270 e. The minimum atomic E-state index is -0.281. The fraction of sp³-hybridized carbons (Fsp3) is 0.333. The van der Waals surface area contributed by atoms with Crippen LogP contribution in [0.25, 0.3) is 0 Å². The SMILES string of the molecule is O=C(NC1CCN(C(=O)c2ccccc2)CC1)c1ccc(C(=O)N2CCN(Cc3ccc(F)cc3)CC2)cn1. The number of halogens is 1. The molecule has 8 nitrogen and oxygen atoms in total. The predicted octanol–water partition coefficient (Wildman–Crippen LogP) is 3.21. The number of carbonyl (C=O) groups is 3. The van der Waals surface area contributed by atoms with Crippen LogP contribution in [0.1, 0.15) is 49.6 Å². The topological polar surface area (TPSA) is 85.8 Å². The van der Waals surface area contributed by atoms with Gasteiger partial charge in [0.05, 0.1) is 5.56 Å². The van der Waals surface area contributed by atoms with E-state index in [0.29, 0.717) is 50.1 Å². The molecule has 2 fully saturated rings. The molecule has 3 amide bonds. The average molecular weight is 530 g/mol. The first-order chi connectivity index (χ1) is 19.0. The number of hydrogen-bond donors (Lipinski definition) is 1. The Morgan fingerprint density at radius 1 is 0.769 bits per heavy atom. The van der Waals surface area contributed by atoms with Gasteiger partial charge in [-0.05, 0) is 54.8 Å². The Balaban J connectivity index is 1.07. The van der Waals surface area contributed by atoms with E-state index in [1.54, 1.807) is 29.2 Å². The molecular formula is C30H32FN5O3. The van der Waals surface area contributed by atoms with Crippen molar-refractivity contribution < 1.29 is 18.8 Å². The Bertz CT molecular complexity index is 1280. The second-order valence-electron chi connectivity index (χ2n) is 10.0. The number of pyridine rings is 1. The lowest BCUT2D eigenvalue weighted by Gasteiger charge is -2.34. The van der Waals surface area contributed by atoms with Crippen molar-refractivity contribution in [3.05, 3.63) is 101 Å². The summed E-state index contributed by atoms with van der Waals surface area (Å²) >= 11 is 0. The maximum absolute atomic E-state index is 13.1. The number of nitrogens with one attached hydrogen (secondary N) is 1. The molecule has 0 bridgehead atoms. The predicted molar refractivity (Wildman–Crippen MR) is 145 cm³/mol. The van der Waals surface area contributed by atoms with Crippen LogP contribution < -0.4 is 5.32 Å². The van der Waals surface area contributed by atoms with Crippen LogP contribution >= 0.6 is 0 Å². The summed E-state index contributed by atoms with van der Waals surface area (Å²) in [4.78, 5) is 48.5. The maximum atomic E-state index is 13.1. The third-order valence-corrected chi connectivity index (χ3v) is 7.36. The molecule has 0 aliphatic carbocycles. The molecule has 2 aliphatic rings. The van der Waals surface area contributed by atoms with Gasteiger partial charge in [0.2, 0.25) is 0 Å². The molecule has 39 heavy (non-hydrogen) atoms. The summed E-state index contributed by atoms with van der Waals surface area (Å²) < 4.78 is 13.1. The third kappa shape index (κ3) is 6.67. The van der Waals surface area contributed by atoms with Crippen molar-refractivity contribution >= 4 is 17.7 Å². The Morgan fingerprint density at radius 3 is 2.05 bits per heavy atom. The highest BCUT2D eigenvalue weighted by Crippen LogP contribution is 2.16. The van der Waals surface area contributed by atoms with E-state index in [2.05, 4.69) is 15.2 Å². The Kier molecular flexibility index (Phi) is 8.27. The highest BCUT2D eigenvalue weighted by Gasteiger charge is 2.26. The number of piperidine rings is 1. The maximum Gasteiger partial charge on any atom is 0.270 e. The molecule has 3 heterocycles. The second kappa shape index (κ2) is 12.2. The summed E-state index contributed by atoms with van der Waals surface area (Å²) in [6, 6.07) is 18.9. The first-order valence-corrected chi connectivity index (χ1v) is 13.3. The average Bonchev–Trinajstić information content (AvgIpc) is 2.99. The van der Waals surface area contributed by atoms with E-state index in [1.165, 1.54) is 18.3 Å². The molecule has 2 saturated heterocycles. The van der Waals surface area contributed by atoms with Gasteiger partial charge in [0, 0.05) is 63.6 Å². The normalized spacial score (nSPS) is 16.6. The van der Waals surface area contributed by atoms with Crippen LogP contribution in [-0.2, 0) is 6.54 Å². The molecule has 1 aromatic heterocycles. The van der Waals surface area contributed by atoms with Gasteiger partial charge < -0.3 is 15.1 Å². The lowest BCUT2D eigenvalue weighted by atomic mass is 10.0. The van der Waals surface area contributed by atoms with Crippen LogP contribution in [0, 0.1) is 5.82 Å². The molecule has 9 heteroatoms. The number of rotatable bonds is 6. The second-order valence-corrected chi connectivity index (χ2v) is 10.0. The van der Waals surface area contributed by atoms with Gasteiger partial charge in [0.1, 0.15) is 11.5 Å². The van der Waals surface area contributed by atoms with Crippen molar-refractivity contribution in [2.24, 2.45) is 0 Å². The van der Waals surface area contributed by atoms with E-state index < -0.39 is 0 Å². The molecule has 5 rings (SSSR count). The number of nitrogens with zero attached hydrogens (tertiary/aromatic N) is 4. The van der Waals surface area contributed by atoms with Crippen molar-refractivity contribution in [2.45, 2.75) is 25.4 Å². The highest BCUT2D eigenvalue weighted by atomic mass is 19.1. The standard InChI is InChI=1S/C30H32FN5O3/c31-25-9-6-22(7-10-25)21-34-16-18-36(19-17-34)30(39)24-8-11-27(32-20-24)28(37)33-26-12-14-35(15-13-26)29(38)23-4-2-1-3-5-23/h1-11,20,26H,12-19,21H2,(H,33,37). The van der Waals surface area contributed by atoms with Crippen molar-refractivity contribution in [2.75, 3.05) is 39.3 Å². The molecule has 0 radical (unpaired) electrons. The minimum absolute atomic E-state index is 0.0107. The zero-order valence-corrected chi connectivity index (χ0v) is 21.8. The first kappa shape index (κ1) is 26.5. The first-order valence-electron chi connectivity index (χ1n) is 13.3. The summed E-state index contributed by atoms with van der Waals surface area (Å²) in [5.74, 6) is -0.622. The van der Waals surface area contributed by atoms with Gasteiger partial charge >= 0.3 is 0 Å². The minimum Gasteiger partial charge on any atom is -0.348 e. The number of piperazine rings is 1. The fourth-order valence-electron chi connectivity index (χ4n) is 5.04. The number of likely N-dealkylation sites (tertiary alicyclic amines) is 1. The molecule has 2 aromatic carbocycles. The lowest BCUT2D eigenvalue weighted by molar-refractivity contribution is 0.0626. The Hall–Kier alpha value is -4.11. The number of hydrogen-bond acceptors (Lipinski definition) is 5. The van der Waals surface area contributed by atoms with Gasteiger partial charge in [-0.15, -0.1) is 0 Å². The number of benzene rings is 2. The summed E-state index contributed by atoms with van der Waals surface area (Å²) in [7, 11) is 0. The Labute approximate surface area is 227 Å². The van der Waals surface area contributed by atoms with Crippen LogP contribution in [0.15, 0.2) is 72.9 Å². The molecule has 0 unspecified atom stereocenters. The third-order valence-electron chi connectivity index (χ3n) is 7.36. The van der Waals surface area contributed by atoms with Gasteiger partial charge in [-0.25, -0.2) is 4.39 Å². The zero-order valence-electron chi connectivity index (χ0n) is 21.8. The van der Waals surface area contributed by atoms with Gasteiger partial charge in [0.15, 0.2) is 0 Å². The number of amides is 3. The van der Waals surface area contributed by atoms with Crippen molar-refractivity contribution in [3.63, 3.8) is 0 Å². The van der Waals surface area contributed by atoms with Crippen LogP contribution in [0.5, 0.6) is 0 Å². The molecule has 202 valence electrons. The van der Waals surface area contributed by atoms with Crippen LogP contribution in [-0.4, -0.2) is 82.7 Å². The van der Waals surface area contributed by atoms with E-state index in [-0.39, 0.29) is 35.3 Å². The van der Waals surface area contributed by atoms with Gasteiger partial charge in [-0.2, -0.15) is 0 Å². The van der Waals surface area contributed by atoms with Crippen molar-refractivity contribution in [1.82, 2.24) is 25.0 Å². The van der Waals surface area contributed by atoms with Gasteiger partial charge in [-0.1, -0.05) is 30.3 Å². The molecule has 3 aromatic rings. The quantitative estimate of drug-likeness (QED) is 0.530. The van der Waals surface area contributed by atoms with E-state index in [1.807, 2.05) is 35.2 Å². The molecule has 0 saturated carbocycles. The fourth-order valence-corrected chi connectivity index (χ4v) is 5.04. The zero-order chi connectivity index (χ0) is 27.2. The van der Waals surface area contributed by atoms with Crippen LogP contribution in [0.3, 0.4) is 0 Å². The van der Waals surface area contributed by atoms with Crippen LogP contribution in [0.4, 0.5) is 4.39 Å². The largest absolute Gasteiger partial charge is 0.348 e. The van der Waals surface area contributed by atoms with E-state index in [9.17, 15) is 18.8 Å². The number of aromatic nitrogens is 1. The molecule has 2 aliphatic heterocycles. The summed E-state index contributed by atoms with van der Waals surface area (Å²) in [5, 5.41) is 3.01. The number of carbonyl (C=O) groups excluding carboxylic acids is 3. The van der Waals surface area contributed by atoms with E-state index in [0.717, 1.165) is 25.2 Å². The molecule has 0 atom stereocenters. The van der Waals surface area contributed by atoms with Crippen LogP contribution in [0.2, 0.25) is 0 Å². The highest BCUT2D eigenvalue weighted by molar-refractivity contribution is 5.96. The summed E-state index contributed by atoms with van der Waals surface area (Å²) in [6.45, 7) is 4.52. The lowest BCUT2D eigenvalue weighted by Crippen LogP contribution is -2.48. The van der Waals surface area contributed by atoms with Gasteiger partial charge in [0.25, 0.3) is 17.7 Å². The van der Waals surface area contributed by atoms with Crippen molar-refractivity contribution in [1.29, 1.82) is 0 Å². The van der Waals surface area contributed by atoms with E-state index >= 15 is 0 Å². The van der Waals surface area contributed by atoms with Crippen molar-refractivity contribution in [3.8, 4) is 0 Å². The molecule has 0 spiro atoms.